The number of urea groups is 1. The molecule has 0 aliphatic heterocycles. The number of benzene rings is 1. The van der Waals surface area contributed by atoms with Gasteiger partial charge in [0.1, 0.15) is 5.01 Å². The summed E-state index contributed by atoms with van der Waals surface area (Å²) in [6, 6.07) is 8.73. The van der Waals surface area contributed by atoms with E-state index in [-0.39, 0.29) is 18.1 Å². The maximum Gasteiger partial charge on any atom is 0.315 e. The molecule has 0 unspecified atom stereocenters. The van der Waals surface area contributed by atoms with E-state index < -0.39 is 0 Å². The molecule has 0 spiro atoms. The number of nitrogens with zero attached hydrogens (tertiary/aromatic N) is 2. The molecule has 2 rings (SSSR count). The molecule has 0 radical (unpaired) electrons. The van der Waals surface area contributed by atoms with Gasteiger partial charge in [-0.3, -0.25) is 0 Å². The Kier molecular flexibility index (Phi) is 5.12. The molecular formula is C16H18N4OS. The van der Waals surface area contributed by atoms with Gasteiger partial charge in [0, 0.05) is 11.1 Å². The highest BCUT2D eigenvalue weighted by Gasteiger charge is 2.15. The number of nitriles is 1. The number of carbonyl (C=O) groups is 1. The van der Waals surface area contributed by atoms with Gasteiger partial charge in [-0.15, -0.1) is 11.3 Å². The molecule has 0 saturated carbocycles. The van der Waals surface area contributed by atoms with Crippen molar-refractivity contribution in [3.05, 3.63) is 51.5 Å². The molecule has 0 saturated heterocycles. The van der Waals surface area contributed by atoms with E-state index >= 15 is 0 Å². The Balaban J connectivity index is 1.95. The molecule has 1 heterocycles. The summed E-state index contributed by atoms with van der Waals surface area (Å²) in [5, 5.41) is 15.5. The van der Waals surface area contributed by atoms with E-state index in [2.05, 4.69) is 21.7 Å². The number of amides is 2. The average Bonchev–Trinajstić information content (AvgIpc) is 2.93. The summed E-state index contributed by atoms with van der Waals surface area (Å²) in [4.78, 5) is 17.4. The number of hydrogen-bond donors (Lipinski definition) is 2. The van der Waals surface area contributed by atoms with E-state index in [1.165, 1.54) is 0 Å². The summed E-state index contributed by atoms with van der Waals surface area (Å²) in [5.74, 6) is 0. The minimum atomic E-state index is -0.254. The molecule has 2 atom stereocenters. The Morgan fingerprint density at radius 3 is 2.68 bits per heavy atom. The van der Waals surface area contributed by atoms with Crippen LogP contribution in [0.3, 0.4) is 0 Å². The Hall–Kier alpha value is -2.39. The van der Waals surface area contributed by atoms with E-state index in [0.717, 1.165) is 15.4 Å². The lowest BCUT2D eigenvalue weighted by Gasteiger charge is -2.17. The molecule has 2 N–H and O–H groups in total. The number of aromatic nitrogens is 1. The second-order valence-corrected chi connectivity index (χ2v) is 6.37. The highest BCUT2D eigenvalue weighted by molar-refractivity contribution is 7.11. The molecule has 0 bridgehead atoms. The van der Waals surface area contributed by atoms with Crippen LogP contribution >= 0.6 is 11.3 Å². The summed E-state index contributed by atoms with van der Waals surface area (Å²) >= 11 is 1.57. The van der Waals surface area contributed by atoms with Crippen LogP contribution < -0.4 is 10.6 Å². The number of nitrogens with one attached hydrogen (secondary N) is 2. The minimum absolute atomic E-state index is 0.142. The van der Waals surface area contributed by atoms with Gasteiger partial charge in [-0.25, -0.2) is 9.78 Å². The predicted octanol–water partition coefficient (Wildman–Crippen LogP) is 3.44. The van der Waals surface area contributed by atoms with Gasteiger partial charge in [-0.1, -0.05) is 12.1 Å². The summed E-state index contributed by atoms with van der Waals surface area (Å²) in [6.07, 6.45) is 1.80. The number of hydrogen-bond acceptors (Lipinski definition) is 4. The lowest BCUT2D eigenvalue weighted by atomic mass is 10.1. The van der Waals surface area contributed by atoms with Gasteiger partial charge >= 0.3 is 6.03 Å². The third-order valence-corrected chi connectivity index (χ3v) is 4.32. The fraction of sp³-hybridized carbons (Fsp3) is 0.312. The van der Waals surface area contributed by atoms with E-state index in [9.17, 15) is 4.79 Å². The molecule has 1 aromatic carbocycles. The van der Waals surface area contributed by atoms with Gasteiger partial charge < -0.3 is 10.6 Å². The molecule has 2 aromatic rings. The molecule has 0 fully saturated rings. The van der Waals surface area contributed by atoms with Crippen LogP contribution in [0.1, 0.15) is 46.9 Å². The zero-order valence-corrected chi connectivity index (χ0v) is 13.6. The van der Waals surface area contributed by atoms with Gasteiger partial charge in [0.05, 0.1) is 23.7 Å². The van der Waals surface area contributed by atoms with E-state index in [4.69, 9.17) is 5.26 Å². The lowest BCUT2D eigenvalue weighted by molar-refractivity contribution is 0.235. The summed E-state index contributed by atoms with van der Waals surface area (Å²) in [5.41, 5.74) is 1.48. The lowest BCUT2D eigenvalue weighted by Crippen LogP contribution is -2.38. The molecular weight excluding hydrogens is 296 g/mol. The highest BCUT2D eigenvalue weighted by Crippen LogP contribution is 2.19. The van der Waals surface area contributed by atoms with Crippen molar-refractivity contribution in [2.45, 2.75) is 32.9 Å². The van der Waals surface area contributed by atoms with Crippen LogP contribution in [0.2, 0.25) is 0 Å². The zero-order chi connectivity index (χ0) is 16.1. The van der Waals surface area contributed by atoms with Crippen molar-refractivity contribution in [3.8, 4) is 6.07 Å². The van der Waals surface area contributed by atoms with Crippen molar-refractivity contribution in [3.63, 3.8) is 0 Å². The molecule has 5 nitrogen and oxygen atoms in total. The molecule has 2 amide bonds. The maximum absolute atomic E-state index is 12.1. The van der Waals surface area contributed by atoms with E-state index in [1.807, 2.05) is 32.9 Å². The summed E-state index contributed by atoms with van der Waals surface area (Å²) in [7, 11) is 0. The molecule has 114 valence electrons. The molecule has 1 aromatic heterocycles. The van der Waals surface area contributed by atoms with Crippen molar-refractivity contribution < 1.29 is 4.79 Å². The number of aryl methyl sites for hydroxylation is 1. The first-order chi connectivity index (χ1) is 10.5. The molecule has 22 heavy (non-hydrogen) atoms. The van der Waals surface area contributed by atoms with Gasteiger partial charge in [-0.2, -0.15) is 5.26 Å². The van der Waals surface area contributed by atoms with Gasteiger partial charge in [-0.05, 0) is 38.5 Å². The number of thiazole rings is 1. The van der Waals surface area contributed by atoms with E-state index in [1.54, 1.807) is 29.7 Å². The van der Waals surface area contributed by atoms with Crippen molar-refractivity contribution in [2.24, 2.45) is 0 Å². The maximum atomic E-state index is 12.1. The first-order valence-electron chi connectivity index (χ1n) is 6.99. The van der Waals surface area contributed by atoms with Crippen LogP contribution in [-0.4, -0.2) is 11.0 Å². The molecule has 0 aliphatic carbocycles. The van der Waals surface area contributed by atoms with Crippen molar-refractivity contribution in [2.75, 3.05) is 0 Å². The third-order valence-electron chi connectivity index (χ3n) is 3.22. The van der Waals surface area contributed by atoms with Crippen LogP contribution in [0.15, 0.2) is 30.5 Å². The van der Waals surface area contributed by atoms with Crippen LogP contribution in [0, 0.1) is 18.3 Å². The predicted molar refractivity (Wildman–Crippen MR) is 86.5 cm³/mol. The average molecular weight is 314 g/mol. The molecule has 6 heteroatoms. The quantitative estimate of drug-likeness (QED) is 0.907. The third kappa shape index (κ3) is 4.06. The van der Waals surface area contributed by atoms with Gasteiger partial charge in [0.2, 0.25) is 0 Å². The first-order valence-corrected chi connectivity index (χ1v) is 7.80. The topological polar surface area (TPSA) is 77.8 Å². The second-order valence-electron chi connectivity index (χ2n) is 5.11. The number of carbonyl (C=O) groups excluding carboxylic acids is 1. The van der Waals surface area contributed by atoms with E-state index in [0.29, 0.717) is 5.56 Å². The Labute approximate surface area is 134 Å². The largest absolute Gasteiger partial charge is 0.332 e. The van der Waals surface area contributed by atoms with Crippen molar-refractivity contribution in [1.29, 1.82) is 5.26 Å². The fourth-order valence-electron chi connectivity index (χ4n) is 2.03. The Morgan fingerprint density at radius 2 is 2.05 bits per heavy atom. The SMILES string of the molecule is Cc1cnc([C@H](C)NC(=O)N[C@H](C)c2cccc(C#N)c2)s1. The minimum Gasteiger partial charge on any atom is -0.332 e. The zero-order valence-electron chi connectivity index (χ0n) is 12.8. The van der Waals surface area contributed by atoms with Crippen molar-refractivity contribution >= 4 is 17.4 Å². The van der Waals surface area contributed by atoms with Gasteiger partial charge in [0.15, 0.2) is 0 Å². The van der Waals surface area contributed by atoms with Gasteiger partial charge in [0.25, 0.3) is 0 Å². The standard InChI is InChI=1S/C16H18N4OS/c1-10-9-18-15(22-10)12(3)20-16(21)19-11(2)14-6-4-5-13(7-14)8-17/h4-7,9,11-12H,1-3H3,(H2,19,20,21)/t11-,12+/m1/s1. The highest BCUT2D eigenvalue weighted by atomic mass is 32.1. The molecule has 0 aliphatic rings. The Morgan fingerprint density at radius 1 is 1.32 bits per heavy atom. The normalized spacial score (nSPS) is 13.0. The smallest absolute Gasteiger partial charge is 0.315 e. The summed E-state index contributed by atoms with van der Waals surface area (Å²) < 4.78 is 0. The van der Waals surface area contributed by atoms with Crippen LogP contribution in [0.5, 0.6) is 0 Å². The van der Waals surface area contributed by atoms with Crippen molar-refractivity contribution in [1.82, 2.24) is 15.6 Å². The summed E-state index contributed by atoms with van der Waals surface area (Å²) in [6.45, 7) is 5.77. The van der Waals surface area contributed by atoms with Crippen LogP contribution in [0.4, 0.5) is 4.79 Å². The second kappa shape index (κ2) is 7.05. The Bertz CT molecular complexity index is 704. The van der Waals surface area contributed by atoms with Crippen LogP contribution in [0.25, 0.3) is 0 Å². The monoisotopic (exact) mass is 314 g/mol. The first kappa shape index (κ1) is 16.0. The van der Waals surface area contributed by atoms with Crippen LogP contribution in [-0.2, 0) is 0 Å². The fourth-order valence-corrected chi connectivity index (χ4v) is 2.81. The number of rotatable bonds is 4.